The van der Waals surface area contributed by atoms with Gasteiger partial charge >= 0.3 is 0 Å². The Balaban J connectivity index is 0.000000146. The Bertz CT molecular complexity index is 878. The third kappa shape index (κ3) is 4.11. The van der Waals surface area contributed by atoms with Crippen LogP contribution in [0.15, 0.2) is 109 Å². The van der Waals surface area contributed by atoms with E-state index < -0.39 is 0 Å². The Morgan fingerprint density at radius 1 is 0.385 bits per heavy atom. The Morgan fingerprint density at radius 3 is 1.15 bits per heavy atom. The molecule has 0 nitrogen and oxygen atoms in total. The van der Waals surface area contributed by atoms with Crippen LogP contribution in [0.25, 0.3) is 22.3 Å². The number of fused-ring (bicyclic) bond motifs is 3. The largest absolute Gasteiger partial charge is 0.0622 e. The van der Waals surface area contributed by atoms with Gasteiger partial charge in [-0.1, -0.05) is 109 Å². The van der Waals surface area contributed by atoms with Crippen molar-refractivity contribution in [3.8, 4) is 22.3 Å². The van der Waals surface area contributed by atoms with Gasteiger partial charge in [-0.25, -0.2) is 0 Å². The number of rotatable bonds is 1. The first-order valence-corrected chi connectivity index (χ1v) is 8.68. The van der Waals surface area contributed by atoms with Crippen molar-refractivity contribution >= 4 is 0 Å². The molecule has 0 aromatic heterocycles. The molecule has 0 N–H and O–H groups in total. The van der Waals surface area contributed by atoms with Crippen molar-refractivity contribution in [1.29, 1.82) is 0 Å². The topological polar surface area (TPSA) is 0 Å². The van der Waals surface area contributed by atoms with E-state index in [9.17, 15) is 0 Å². The Kier molecular flexibility index (Phi) is 6.37. The fourth-order valence-electron chi connectivity index (χ4n) is 3.34. The minimum absolute atomic E-state index is 0. The summed E-state index contributed by atoms with van der Waals surface area (Å²) in [5.74, 6) is 0. The van der Waals surface area contributed by atoms with Crippen molar-refractivity contribution < 1.29 is 26.2 Å². The molecule has 0 saturated heterocycles. The Morgan fingerprint density at radius 2 is 0.731 bits per heavy atom. The summed E-state index contributed by atoms with van der Waals surface area (Å²) >= 11 is 0. The molecule has 4 aromatic rings. The first kappa shape index (κ1) is 18.6. The van der Waals surface area contributed by atoms with Gasteiger partial charge in [0.2, 0.25) is 0 Å². The van der Waals surface area contributed by atoms with Gasteiger partial charge < -0.3 is 0 Å². The molecule has 4 aromatic carbocycles. The summed E-state index contributed by atoms with van der Waals surface area (Å²) in [5, 5.41) is 0. The molecule has 26 heavy (non-hydrogen) atoms. The van der Waals surface area contributed by atoms with Crippen LogP contribution in [0.2, 0.25) is 0 Å². The average Bonchev–Trinajstić information content (AvgIpc) is 3.09. The van der Waals surface area contributed by atoms with Crippen molar-refractivity contribution in [2.75, 3.05) is 0 Å². The van der Waals surface area contributed by atoms with Gasteiger partial charge in [0.1, 0.15) is 0 Å². The van der Waals surface area contributed by atoms with Crippen LogP contribution in [-0.2, 0) is 32.6 Å². The molecule has 0 bridgehead atoms. The van der Waals surface area contributed by atoms with Gasteiger partial charge in [-0.3, -0.25) is 0 Å². The van der Waals surface area contributed by atoms with Crippen LogP contribution in [-0.4, -0.2) is 0 Å². The molecule has 0 heterocycles. The molecule has 124 valence electrons. The van der Waals surface area contributed by atoms with Gasteiger partial charge in [-0.15, -0.1) is 0 Å². The van der Waals surface area contributed by atoms with E-state index in [1.807, 2.05) is 12.1 Å². The van der Waals surface area contributed by atoms with E-state index in [4.69, 9.17) is 0 Å². The summed E-state index contributed by atoms with van der Waals surface area (Å²) in [6.07, 6.45) is 1.10. The molecule has 1 aliphatic rings. The quantitative estimate of drug-likeness (QED) is 0.291. The summed E-state index contributed by atoms with van der Waals surface area (Å²) in [4.78, 5) is 0. The van der Waals surface area contributed by atoms with Crippen LogP contribution in [0, 0.1) is 0 Å². The zero-order chi connectivity index (χ0) is 16.9. The molecule has 0 amide bonds. The second-order valence-electron chi connectivity index (χ2n) is 6.22. The number of hydrogen-bond acceptors (Lipinski definition) is 0. The van der Waals surface area contributed by atoms with Gasteiger partial charge in [-0.2, -0.15) is 0 Å². The maximum Gasteiger partial charge on any atom is 0 e. The summed E-state index contributed by atoms with van der Waals surface area (Å²) in [6, 6.07) is 38.1. The molecule has 0 aliphatic heterocycles. The van der Waals surface area contributed by atoms with Crippen molar-refractivity contribution in [1.82, 2.24) is 0 Å². The zero-order valence-corrected chi connectivity index (χ0v) is 17.1. The van der Waals surface area contributed by atoms with Crippen LogP contribution in [0.5, 0.6) is 0 Å². The molecule has 0 radical (unpaired) electrons. The molecule has 0 fully saturated rings. The fraction of sp³-hybridized carbons (Fsp3) is 0.0400. The Hall–Kier alpha value is -2.24. The van der Waals surface area contributed by atoms with Crippen molar-refractivity contribution in [3.05, 3.63) is 120 Å². The molecule has 5 rings (SSSR count). The Labute approximate surface area is 174 Å². The van der Waals surface area contributed by atoms with Gasteiger partial charge in [0.15, 0.2) is 0 Å². The summed E-state index contributed by atoms with van der Waals surface area (Å²) in [7, 11) is 0. The fourth-order valence-corrected chi connectivity index (χ4v) is 3.34. The maximum atomic E-state index is 2.22. The second kappa shape index (κ2) is 8.92. The predicted molar refractivity (Wildman–Crippen MR) is 107 cm³/mol. The van der Waals surface area contributed by atoms with Gasteiger partial charge in [0.25, 0.3) is 0 Å². The maximum absolute atomic E-state index is 2.22. The summed E-state index contributed by atoms with van der Waals surface area (Å²) < 4.78 is 0. The van der Waals surface area contributed by atoms with Crippen LogP contribution in [0.4, 0.5) is 0 Å². The molecule has 1 aliphatic carbocycles. The van der Waals surface area contributed by atoms with E-state index in [0.717, 1.165) is 6.42 Å². The molecule has 0 atom stereocenters. The van der Waals surface area contributed by atoms with E-state index in [-0.39, 0.29) is 26.2 Å². The van der Waals surface area contributed by atoms with Crippen molar-refractivity contribution in [2.24, 2.45) is 0 Å². The molecule has 1 heteroatoms. The molecular formula is C25H20Zr. The van der Waals surface area contributed by atoms with E-state index in [1.165, 1.54) is 33.4 Å². The zero-order valence-electron chi connectivity index (χ0n) is 14.6. The minimum Gasteiger partial charge on any atom is -0.0622 e. The van der Waals surface area contributed by atoms with Crippen molar-refractivity contribution in [2.45, 2.75) is 6.42 Å². The van der Waals surface area contributed by atoms with Gasteiger partial charge in [0.05, 0.1) is 0 Å². The third-order valence-electron chi connectivity index (χ3n) is 4.59. The second-order valence-corrected chi connectivity index (χ2v) is 6.22. The number of benzene rings is 4. The monoisotopic (exact) mass is 410 g/mol. The van der Waals surface area contributed by atoms with Crippen LogP contribution in [0.3, 0.4) is 0 Å². The molecular weight excluding hydrogens is 391 g/mol. The predicted octanol–water partition coefficient (Wildman–Crippen LogP) is 6.61. The van der Waals surface area contributed by atoms with Crippen LogP contribution < -0.4 is 0 Å². The third-order valence-corrected chi connectivity index (χ3v) is 4.59. The summed E-state index contributed by atoms with van der Waals surface area (Å²) in [5.41, 5.74) is 8.31. The van der Waals surface area contributed by atoms with E-state index in [1.54, 1.807) is 0 Å². The van der Waals surface area contributed by atoms with Gasteiger partial charge in [0, 0.05) is 26.2 Å². The standard InChI is InChI=1S/C13H10.C12H10.Zr/c1-3-7-12-10(5-1)9-11-6-2-4-8-13(11)12;1-3-7-11(8-4-1)12-9-5-2-6-10-12;/h1-8H,9H2;1-10H;. The molecule has 0 spiro atoms. The first-order valence-electron chi connectivity index (χ1n) is 8.68. The molecule has 0 unspecified atom stereocenters. The van der Waals surface area contributed by atoms with Crippen molar-refractivity contribution in [3.63, 3.8) is 0 Å². The molecule has 0 saturated carbocycles. The van der Waals surface area contributed by atoms with E-state index in [2.05, 4.69) is 97.1 Å². The minimum atomic E-state index is 0. The van der Waals surface area contributed by atoms with E-state index in [0.29, 0.717) is 0 Å². The average molecular weight is 412 g/mol. The first-order chi connectivity index (χ1) is 12.4. The van der Waals surface area contributed by atoms with Crippen LogP contribution in [0.1, 0.15) is 11.1 Å². The van der Waals surface area contributed by atoms with Gasteiger partial charge in [-0.05, 0) is 39.8 Å². The van der Waals surface area contributed by atoms with E-state index >= 15 is 0 Å². The number of hydrogen-bond donors (Lipinski definition) is 0. The smallest absolute Gasteiger partial charge is 0 e. The summed E-state index contributed by atoms with van der Waals surface area (Å²) in [6.45, 7) is 0. The normalized spacial score (nSPS) is 10.6. The van der Waals surface area contributed by atoms with Crippen LogP contribution >= 0.6 is 0 Å². The SMILES string of the molecule is [Zr].c1ccc(-c2ccccc2)cc1.c1ccc2c(c1)Cc1ccccc1-2.